The normalized spacial score (nSPS) is 14.9. The summed E-state index contributed by atoms with van der Waals surface area (Å²) in [5.74, 6) is 0.390. The van der Waals surface area contributed by atoms with Crippen molar-refractivity contribution >= 4 is 23.4 Å². The standard InChI is InChI=1S/C26H33ClN2O4/c1-32-22-14-13-20(17-23(22)33-2)25(26(31)28-21-11-7-4-8-12-21)29(24(30)18-27)16-15-19-9-5-3-6-10-19/h3,5-6,9-10,13-14,17,21,25H,4,7-8,11-12,15-16,18H2,1-2H3,(H,28,31)/t25-/m1/s1. The molecule has 0 saturated heterocycles. The van der Waals surface area contributed by atoms with E-state index in [-0.39, 0.29) is 23.7 Å². The molecule has 0 bridgehead atoms. The fourth-order valence-corrected chi connectivity index (χ4v) is 4.55. The van der Waals surface area contributed by atoms with Crippen LogP contribution in [0.25, 0.3) is 0 Å². The number of nitrogens with one attached hydrogen (secondary N) is 1. The van der Waals surface area contributed by atoms with Crippen molar-refractivity contribution in [2.75, 3.05) is 26.6 Å². The van der Waals surface area contributed by atoms with Crippen molar-refractivity contribution in [2.24, 2.45) is 0 Å². The fraction of sp³-hybridized carbons (Fsp3) is 0.462. The van der Waals surface area contributed by atoms with Crippen LogP contribution in [0.4, 0.5) is 0 Å². The van der Waals surface area contributed by atoms with Gasteiger partial charge < -0.3 is 19.7 Å². The van der Waals surface area contributed by atoms with Gasteiger partial charge in [0, 0.05) is 12.6 Å². The van der Waals surface area contributed by atoms with Gasteiger partial charge >= 0.3 is 0 Å². The van der Waals surface area contributed by atoms with E-state index in [1.807, 2.05) is 36.4 Å². The lowest BCUT2D eigenvalue weighted by Gasteiger charge is -2.33. The van der Waals surface area contributed by atoms with Crippen LogP contribution in [0.2, 0.25) is 0 Å². The van der Waals surface area contributed by atoms with E-state index in [0.29, 0.717) is 30.0 Å². The first-order valence-corrected chi connectivity index (χ1v) is 12.0. The van der Waals surface area contributed by atoms with Crippen LogP contribution in [0, 0.1) is 0 Å². The van der Waals surface area contributed by atoms with E-state index in [9.17, 15) is 9.59 Å². The maximum Gasteiger partial charge on any atom is 0.247 e. The van der Waals surface area contributed by atoms with Gasteiger partial charge in [0.15, 0.2) is 11.5 Å². The van der Waals surface area contributed by atoms with Gasteiger partial charge in [0.1, 0.15) is 11.9 Å². The lowest BCUT2D eigenvalue weighted by Crippen LogP contribution is -2.48. The van der Waals surface area contributed by atoms with Crippen LogP contribution in [-0.4, -0.2) is 49.4 Å². The molecular weight excluding hydrogens is 440 g/mol. The highest BCUT2D eigenvalue weighted by atomic mass is 35.5. The van der Waals surface area contributed by atoms with Crippen molar-refractivity contribution in [1.82, 2.24) is 10.2 Å². The molecule has 3 rings (SSSR count). The van der Waals surface area contributed by atoms with Crippen molar-refractivity contribution in [1.29, 1.82) is 0 Å². The summed E-state index contributed by atoms with van der Waals surface area (Å²) in [5, 5.41) is 3.19. The lowest BCUT2D eigenvalue weighted by atomic mass is 9.94. The number of methoxy groups -OCH3 is 2. The van der Waals surface area contributed by atoms with E-state index in [4.69, 9.17) is 21.1 Å². The Labute approximate surface area is 201 Å². The third-order valence-corrected chi connectivity index (χ3v) is 6.38. The monoisotopic (exact) mass is 472 g/mol. The molecule has 1 aliphatic carbocycles. The van der Waals surface area contributed by atoms with Gasteiger partial charge in [-0.25, -0.2) is 0 Å². The van der Waals surface area contributed by atoms with Gasteiger partial charge in [-0.05, 0) is 42.5 Å². The molecule has 1 N–H and O–H groups in total. The molecule has 7 heteroatoms. The number of ether oxygens (including phenoxy) is 2. The summed E-state index contributed by atoms with van der Waals surface area (Å²) in [6.07, 6.45) is 5.92. The van der Waals surface area contributed by atoms with E-state index < -0.39 is 6.04 Å². The quantitative estimate of drug-likeness (QED) is 0.517. The van der Waals surface area contributed by atoms with Gasteiger partial charge in [-0.15, -0.1) is 11.6 Å². The van der Waals surface area contributed by atoms with E-state index in [2.05, 4.69) is 5.32 Å². The molecule has 0 aliphatic heterocycles. The van der Waals surface area contributed by atoms with Crippen LogP contribution in [-0.2, 0) is 16.0 Å². The molecule has 33 heavy (non-hydrogen) atoms. The van der Waals surface area contributed by atoms with E-state index in [1.165, 1.54) is 6.42 Å². The summed E-state index contributed by atoms with van der Waals surface area (Å²) < 4.78 is 10.8. The molecule has 2 aromatic carbocycles. The number of hydrogen-bond acceptors (Lipinski definition) is 4. The molecule has 0 spiro atoms. The van der Waals surface area contributed by atoms with Crippen LogP contribution in [0.15, 0.2) is 48.5 Å². The van der Waals surface area contributed by atoms with Crippen molar-refractivity contribution in [2.45, 2.75) is 50.6 Å². The SMILES string of the molecule is COc1ccc([C@H](C(=O)NC2CCCCC2)N(CCc2ccccc2)C(=O)CCl)cc1OC. The number of benzene rings is 2. The highest BCUT2D eigenvalue weighted by Crippen LogP contribution is 2.33. The second kappa shape index (κ2) is 12.5. The van der Waals surface area contributed by atoms with Crippen LogP contribution in [0.5, 0.6) is 11.5 Å². The van der Waals surface area contributed by atoms with Crippen molar-refractivity contribution < 1.29 is 19.1 Å². The fourth-order valence-electron chi connectivity index (χ4n) is 4.39. The molecule has 1 atom stereocenters. The molecule has 1 fully saturated rings. The summed E-state index contributed by atoms with van der Waals surface area (Å²) in [6, 6.07) is 14.5. The number of carbonyl (C=O) groups excluding carboxylic acids is 2. The molecule has 0 aromatic heterocycles. The second-order valence-electron chi connectivity index (χ2n) is 8.32. The summed E-state index contributed by atoms with van der Waals surface area (Å²) in [4.78, 5) is 28.2. The Hall–Kier alpha value is -2.73. The summed E-state index contributed by atoms with van der Waals surface area (Å²) in [6.45, 7) is 0.368. The Kier molecular flexibility index (Phi) is 9.43. The highest BCUT2D eigenvalue weighted by molar-refractivity contribution is 6.27. The Morgan fingerprint density at radius 2 is 1.73 bits per heavy atom. The third kappa shape index (κ3) is 6.64. The molecule has 2 aromatic rings. The number of nitrogens with zero attached hydrogens (tertiary/aromatic N) is 1. The summed E-state index contributed by atoms with van der Waals surface area (Å²) >= 11 is 6.00. The zero-order valence-corrected chi connectivity index (χ0v) is 20.1. The minimum Gasteiger partial charge on any atom is -0.493 e. The zero-order valence-electron chi connectivity index (χ0n) is 19.4. The van der Waals surface area contributed by atoms with Crippen LogP contribution >= 0.6 is 11.6 Å². The largest absolute Gasteiger partial charge is 0.493 e. The van der Waals surface area contributed by atoms with Crippen molar-refractivity contribution in [3.8, 4) is 11.5 Å². The van der Waals surface area contributed by atoms with Crippen LogP contribution in [0.3, 0.4) is 0 Å². The maximum atomic E-state index is 13.6. The highest BCUT2D eigenvalue weighted by Gasteiger charge is 2.33. The molecule has 178 valence electrons. The average molecular weight is 473 g/mol. The van der Waals surface area contributed by atoms with Gasteiger partial charge in [-0.2, -0.15) is 0 Å². The average Bonchev–Trinajstić information content (AvgIpc) is 2.86. The number of rotatable bonds is 10. The number of amides is 2. The first-order chi connectivity index (χ1) is 16.1. The second-order valence-corrected chi connectivity index (χ2v) is 8.58. The molecule has 0 unspecified atom stereocenters. The number of halogens is 1. The van der Waals surface area contributed by atoms with Gasteiger partial charge in [0.2, 0.25) is 11.8 Å². The minimum absolute atomic E-state index is 0.121. The van der Waals surface area contributed by atoms with E-state index in [1.54, 1.807) is 31.3 Å². The lowest BCUT2D eigenvalue weighted by molar-refractivity contribution is -0.139. The summed E-state index contributed by atoms with van der Waals surface area (Å²) in [7, 11) is 3.11. The zero-order chi connectivity index (χ0) is 23.6. The van der Waals surface area contributed by atoms with E-state index >= 15 is 0 Å². The number of carbonyl (C=O) groups is 2. The first kappa shape index (κ1) is 24.9. The Morgan fingerprint density at radius 3 is 2.36 bits per heavy atom. The van der Waals surface area contributed by atoms with Crippen molar-refractivity contribution in [3.05, 3.63) is 59.7 Å². The molecular formula is C26H33ClN2O4. The van der Waals surface area contributed by atoms with Crippen LogP contribution < -0.4 is 14.8 Å². The van der Waals surface area contributed by atoms with Gasteiger partial charge in [0.25, 0.3) is 0 Å². The molecule has 6 nitrogen and oxygen atoms in total. The molecule has 0 heterocycles. The number of alkyl halides is 1. The molecule has 2 amide bonds. The van der Waals surface area contributed by atoms with Crippen LogP contribution in [0.1, 0.15) is 49.3 Å². The molecule has 1 saturated carbocycles. The maximum absolute atomic E-state index is 13.6. The Balaban J connectivity index is 1.94. The Bertz CT molecular complexity index is 916. The third-order valence-electron chi connectivity index (χ3n) is 6.15. The topological polar surface area (TPSA) is 67.9 Å². The van der Waals surface area contributed by atoms with E-state index in [0.717, 1.165) is 31.2 Å². The minimum atomic E-state index is -0.818. The predicted molar refractivity (Wildman–Crippen MR) is 130 cm³/mol. The number of hydrogen-bond donors (Lipinski definition) is 1. The van der Waals surface area contributed by atoms with Gasteiger partial charge in [0.05, 0.1) is 14.2 Å². The van der Waals surface area contributed by atoms with Crippen molar-refractivity contribution in [3.63, 3.8) is 0 Å². The van der Waals surface area contributed by atoms with Gasteiger partial charge in [-0.1, -0.05) is 55.7 Å². The van der Waals surface area contributed by atoms with Gasteiger partial charge in [-0.3, -0.25) is 9.59 Å². The smallest absolute Gasteiger partial charge is 0.247 e. The first-order valence-electron chi connectivity index (χ1n) is 11.5. The predicted octanol–water partition coefficient (Wildman–Crippen LogP) is 4.50. The summed E-state index contributed by atoms with van der Waals surface area (Å²) in [5.41, 5.74) is 1.75. The molecule has 1 aliphatic rings. The molecule has 0 radical (unpaired) electrons. The Morgan fingerprint density at radius 1 is 1.03 bits per heavy atom.